The highest BCUT2D eigenvalue weighted by molar-refractivity contribution is 7.90. The fourth-order valence-electron chi connectivity index (χ4n) is 7.61. The molecule has 1 aromatic carbocycles. The van der Waals surface area contributed by atoms with Gasteiger partial charge in [-0.25, -0.2) is 13.1 Å². The van der Waals surface area contributed by atoms with Crippen LogP contribution in [0.2, 0.25) is 0 Å². The highest BCUT2D eigenvalue weighted by Crippen LogP contribution is 2.30. The van der Waals surface area contributed by atoms with Crippen LogP contribution in [0.25, 0.3) is 0 Å². The first kappa shape index (κ1) is 50.3. The zero-order valence-electron chi connectivity index (χ0n) is 35.7. The van der Waals surface area contributed by atoms with Crippen molar-refractivity contribution >= 4 is 45.2 Å². The van der Waals surface area contributed by atoms with E-state index in [2.05, 4.69) is 5.32 Å². The lowest BCUT2D eigenvalue weighted by atomic mass is 9.89. The van der Waals surface area contributed by atoms with Gasteiger partial charge < -0.3 is 29.9 Å². The Morgan fingerprint density at radius 1 is 0.914 bits per heavy atom. The summed E-state index contributed by atoms with van der Waals surface area (Å²) in [4.78, 5) is 70.9. The lowest BCUT2D eigenvalue weighted by molar-refractivity contribution is -0.167. The number of alkyl halides is 3. The number of likely N-dealkylation sites (N-methyl/N-ethyl adjacent to an activating group) is 2. The van der Waals surface area contributed by atoms with Gasteiger partial charge in [0, 0.05) is 33.5 Å². The Hall–Kier alpha value is -3.81. The highest BCUT2D eigenvalue weighted by atomic mass is 32.2. The van der Waals surface area contributed by atoms with Crippen LogP contribution in [-0.4, -0.2) is 137 Å². The van der Waals surface area contributed by atoms with Crippen LogP contribution in [0, 0.1) is 23.7 Å². The third-order valence-electron chi connectivity index (χ3n) is 10.9. The quantitative estimate of drug-likeness (QED) is 0.175. The monoisotopic (exact) mass is 848 g/mol. The van der Waals surface area contributed by atoms with E-state index in [9.17, 15) is 45.6 Å². The molecule has 1 fully saturated rings. The molecular formula is C39H63F3N6O9S. The molecule has 58 heavy (non-hydrogen) atoms. The van der Waals surface area contributed by atoms with Crippen LogP contribution in [0.15, 0.2) is 29.2 Å². The molecule has 15 nitrogen and oxygen atoms in total. The van der Waals surface area contributed by atoms with Crippen molar-refractivity contribution in [3.8, 4) is 0 Å². The van der Waals surface area contributed by atoms with Gasteiger partial charge in [-0.3, -0.25) is 28.9 Å². The van der Waals surface area contributed by atoms with Gasteiger partial charge in [0.05, 0.1) is 47.6 Å². The Morgan fingerprint density at radius 3 is 1.97 bits per heavy atom. The molecule has 8 atom stereocenters. The fraction of sp³-hybridized carbons (Fsp3) is 0.718. The Balaban J connectivity index is 2.27. The van der Waals surface area contributed by atoms with E-state index in [1.807, 2.05) is 65.3 Å². The molecule has 1 aliphatic heterocycles. The second-order valence-corrected chi connectivity index (χ2v) is 17.6. The summed E-state index contributed by atoms with van der Waals surface area (Å²) in [7, 11) is 3.58. The number of hydrogen-bond donors (Lipinski definition) is 3. The summed E-state index contributed by atoms with van der Waals surface area (Å²) in [6.45, 7) is 13.3. The molecule has 0 saturated carbocycles. The molecule has 19 heteroatoms. The summed E-state index contributed by atoms with van der Waals surface area (Å²) >= 11 is 0. The number of nitrogens with zero attached hydrogens (tertiary/aromatic N) is 3. The van der Waals surface area contributed by atoms with Crippen molar-refractivity contribution in [2.45, 2.75) is 122 Å². The first-order valence-corrected chi connectivity index (χ1v) is 21.0. The maximum Gasteiger partial charge on any atom is 0.471 e. The smallest absolute Gasteiger partial charge is 0.379 e. The standard InChI is InChI=1S/C39H63F3N6O9S/c1-13-24(6)33(47(10)37(52)31(22(2)3)44-36(51)32(23(4)5)46(8)9)29(56-11)21-30(49)48-20-14-15-28(48)34(57-12)25(7)35(50)45-58(54,55)27-18-16-26(17-19-27)43-38(53)39(40,41)42/h16-19,22-25,28-29,31-34H,13-15,20-21H2,1-12H3,(H,43,53)(H,44,51)(H,45,50)/t24-,25-,28+,29-,31+,32+,33+,34-/m1/s1. The maximum atomic E-state index is 14.2. The third kappa shape index (κ3) is 12.8. The number of ether oxygens (including phenoxy) is 2. The normalized spacial score (nSPS) is 18.6. The number of sulfonamides is 1. The Bertz CT molecular complexity index is 1670. The van der Waals surface area contributed by atoms with Crippen LogP contribution in [0.3, 0.4) is 0 Å². The first-order valence-electron chi connectivity index (χ1n) is 19.5. The summed E-state index contributed by atoms with van der Waals surface area (Å²) in [5.74, 6) is -5.55. The number of anilines is 1. The Kier molecular flexibility index (Phi) is 18.6. The van der Waals surface area contributed by atoms with Crippen LogP contribution >= 0.6 is 0 Å². The average Bonchev–Trinajstić information content (AvgIpc) is 3.62. The van der Waals surface area contributed by atoms with Crippen molar-refractivity contribution in [2.75, 3.05) is 47.2 Å². The van der Waals surface area contributed by atoms with Gasteiger partial charge in [-0.15, -0.1) is 0 Å². The zero-order valence-corrected chi connectivity index (χ0v) is 36.5. The number of methoxy groups -OCH3 is 2. The van der Waals surface area contributed by atoms with Gasteiger partial charge in [-0.1, -0.05) is 54.9 Å². The van der Waals surface area contributed by atoms with Crippen molar-refractivity contribution < 1.29 is 55.0 Å². The molecule has 0 radical (unpaired) electrons. The van der Waals surface area contributed by atoms with E-state index in [-0.39, 0.29) is 47.6 Å². The molecule has 0 bridgehead atoms. The lowest BCUT2D eigenvalue weighted by Gasteiger charge is -2.41. The first-order chi connectivity index (χ1) is 26.8. The largest absolute Gasteiger partial charge is 0.471 e. The number of amides is 5. The third-order valence-corrected chi connectivity index (χ3v) is 12.2. The summed E-state index contributed by atoms with van der Waals surface area (Å²) < 4.78 is 77.7. The van der Waals surface area contributed by atoms with Crippen LogP contribution in [-0.2, 0) is 43.5 Å². The van der Waals surface area contributed by atoms with Crippen LogP contribution < -0.4 is 15.4 Å². The molecule has 330 valence electrons. The minimum atomic E-state index is -5.15. The van der Waals surface area contributed by atoms with E-state index in [0.29, 0.717) is 25.8 Å². The number of hydrogen-bond acceptors (Lipinski definition) is 10. The second-order valence-electron chi connectivity index (χ2n) is 15.9. The van der Waals surface area contributed by atoms with Crippen LogP contribution in [0.5, 0.6) is 0 Å². The summed E-state index contributed by atoms with van der Waals surface area (Å²) in [5.41, 5.74) is -0.306. The number of nitrogens with one attached hydrogen (secondary N) is 3. The van der Waals surface area contributed by atoms with E-state index >= 15 is 0 Å². The van der Waals surface area contributed by atoms with Gasteiger partial charge in [0.25, 0.3) is 10.0 Å². The van der Waals surface area contributed by atoms with E-state index in [1.54, 1.807) is 22.2 Å². The molecule has 0 unspecified atom stereocenters. The second kappa shape index (κ2) is 21.4. The topological polar surface area (TPSA) is 184 Å². The Morgan fingerprint density at radius 2 is 1.50 bits per heavy atom. The summed E-state index contributed by atoms with van der Waals surface area (Å²) in [6, 6.07) is 1.29. The van der Waals surface area contributed by atoms with Gasteiger partial charge in [0.1, 0.15) is 6.04 Å². The maximum absolute atomic E-state index is 14.2. The highest BCUT2D eigenvalue weighted by Gasteiger charge is 2.44. The molecule has 3 N–H and O–H groups in total. The van der Waals surface area contributed by atoms with E-state index in [4.69, 9.17) is 9.47 Å². The number of likely N-dealkylation sites (tertiary alicyclic amines) is 1. The van der Waals surface area contributed by atoms with Crippen LogP contribution in [0.1, 0.15) is 74.1 Å². The van der Waals surface area contributed by atoms with Crippen molar-refractivity contribution in [2.24, 2.45) is 23.7 Å². The predicted octanol–water partition coefficient (Wildman–Crippen LogP) is 3.64. The number of rotatable bonds is 20. The molecule has 1 heterocycles. The number of carbonyl (C=O) groups is 5. The van der Waals surface area contributed by atoms with Crippen molar-refractivity contribution in [3.63, 3.8) is 0 Å². The average molecular weight is 849 g/mol. The van der Waals surface area contributed by atoms with Crippen molar-refractivity contribution in [3.05, 3.63) is 24.3 Å². The van der Waals surface area contributed by atoms with Crippen LogP contribution in [0.4, 0.5) is 18.9 Å². The molecule has 0 aliphatic carbocycles. The van der Waals surface area contributed by atoms with E-state index < -0.39 is 75.2 Å². The van der Waals surface area contributed by atoms with E-state index in [0.717, 1.165) is 24.3 Å². The molecular weight excluding hydrogens is 786 g/mol. The molecule has 0 aromatic heterocycles. The van der Waals surface area contributed by atoms with E-state index in [1.165, 1.54) is 21.1 Å². The van der Waals surface area contributed by atoms with Gasteiger partial charge in [-0.2, -0.15) is 13.2 Å². The summed E-state index contributed by atoms with van der Waals surface area (Å²) in [6.07, 6.45) is -5.30. The molecule has 5 amide bonds. The molecule has 0 spiro atoms. The van der Waals surface area contributed by atoms with Gasteiger partial charge in [0.2, 0.25) is 23.6 Å². The molecule has 1 saturated heterocycles. The van der Waals surface area contributed by atoms with Crippen molar-refractivity contribution in [1.29, 1.82) is 0 Å². The molecule has 2 rings (SSSR count). The predicted molar refractivity (Wildman–Crippen MR) is 212 cm³/mol. The number of halogens is 3. The van der Waals surface area contributed by atoms with Crippen molar-refractivity contribution in [1.82, 2.24) is 24.7 Å². The lowest BCUT2D eigenvalue weighted by Crippen LogP contribution is -2.59. The minimum Gasteiger partial charge on any atom is -0.379 e. The fourth-order valence-corrected chi connectivity index (χ4v) is 8.68. The van der Waals surface area contributed by atoms with Gasteiger partial charge in [0.15, 0.2) is 0 Å². The van der Waals surface area contributed by atoms with Gasteiger partial charge in [-0.05, 0) is 69.0 Å². The number of benzene rings is 1. The minimum absolute atomic E-state index is 0.00894. The SMILES string of the molecule is CC[C@@H](C)[C@@H]([C@@H](CC(=O)N1CCC[C@H]1[C@H](OC)[C@@H](C)C(=O)NS(=O)(=O)c1ccc(NC(=O)C(F)(F)F)cc1)OC)N(C)C(=O)[C@@H](NC(=O)[C@H](C(C)C)N(C)C)C(C)C. The summed E-state index contributed by atoms with van der Waals surface area (Å²) in [5, 5.41) is 4.59. The number of carbonyl (C=O) groups excluding carboxylic acids is 5. The zero-order chi connectivity index (χ0) is 44.4. The molecule has 1 aliphatic rings. The van der Waals surface area contributed by atoms with Gasteiger partial charge >= 0.3 is 12.1 Å². The Labute approximate surface area is 341 Å². The molecule has 1 aromatic rings.